The molecule has 2 aliphatic heterocycles. The van der Waals surface area contributed by atoms with Crippen LogP contribution in [0.4, 0.5) is 0 Å². The molecule has 2 heterocycles. The van der Waals surface area contributed by atoms with Gasteiger partial charge in [0.2, 0.25) is 5.91 Å². The predicted molar refractivity (Wildman–Crippen MR) is 103 cm³/mol. The van der Waals surface area contributed by atoms with Crippen LogP contribution in [0.3, 0.4) is 0 Å². The highest BCUT2D eigenvalue weighted by Gasteiger charge is 2.29. The smallest absolute Gasteiger partial charge is 0.223 e. The zero-order valence-electron chi connectivity index (χ0n) is 14.7. The largest absolute Gasteiger partial charge is 0.370 e. The zero-order valence-corrected chi connectivity index (χ0v) is 16.3. The number of benzene rings is 1. The summed E-state index contributed by atoms with van der Waals surface area (Å²) in [4.78, 5) is 14.7. The van der Waals surface area contributed by atoms with Gasteiger partial charge in [0, 0.05) is 23.6 Å². The number of halogens is 2. The van der Waals surface area contributed by atoms with Gasteiger partial charge in [-0.2, -0.15) is 0 Å². The average Bonchev–Trinajstić information content (AvgIpc) is 2.63. The van der Waals surface area contributed by atoms with Gasteiger partial charge in [-0.25, -0.2) is 0 Å². The highest BCUT2D eigenvalue weighted by Crippen LogP contribution is 2.30. The Balaban J connectivity index is 0.00000225. The molecule has 2 unspecified atom stereocenters. The summed E-state index contributed by atoms with van der Waals surface area (Å²) in [6.07, 6.45) is 2.88. The summed E-state index contributed by atoms with van der Waals surface area (Å²) in [6.45, 7) is 6.23. The lowest BCUT2D eigenvalue weighted by Gasteiger charge is -2.35. The third-order valence-electron chi connectivity index (χ3n) is 5.36. The van der Waals surface area contributed by atoms with Gasteiger partial charge in [-0.1, -0.05) is 36.7 Å². The first-order valence-corrected chi connectivity index (χ1v) is 9.37. The SMILES string of the molecule is CC(CC(=O)N1CCOC(c2ccccc2Cl)C1)C1CCNCC1.Cl. The highest BCUT2D eigenvalue weighted by atomic mass is 35.5. The van der Waals surface area contributed by atoms with Gasteiger partial charge >= 0.3 is 0 Å². The van der Waals surface area contributed by atoms with Crippen molar-refractivity contribution >= 4 is 29.9 Å². The van der Waals surface area contributed by atoms with Crippen LogP contribution in [-0.2, 0) is 9.53 Å². The number of amides is 1. The lowest BCUT2D eigenvalue weighted by molar-refractivity contribution is -0.140. The Morgan fingerprint density at radius 1 is 1.36 bits per heavy atom. The van der Waals surface area contributed by atoms with E-state index in [0.717, 1.165) is 18.7 Å². The molecule has 0 bridgehead atoms. The second kappa shape index (κ2) is 9.77. The summed E-state index contributed by atoms with van der Waals surface area (Å²) in [5, 5.41) is 4.10. The summed E-state index contributed by atoms with van der Waals surface area (Å²) in [5.74, 6) is 1.36. The molecule has 2 aliphatic rings. The van der Waals surface area contributed by atoms with Gasteiger partial charge in [0.15, 0.2) is 0 Å². The van der Waals surface area contributed by atoms with Gasteiger partial charge < -0.3 is 15.0 Å². The Kier molecular flexibility index (Phi) is 8.01. The molecule has 0 aliphatic carbocycles. The number of rotatable bonds is 4. The van der Waals surface area contributed by atoms with Crippen LogP contribution in [0.2, 0.25) is 5.02 Å². The molecule has 4 nitrogen and oxygen atoms in total. The summed E-state index contributed by atoms with van der Waals surface area (Å²) < 4.78 is 5.86. The normalized spacial score (nSPS) is 23.0. The Morgan fingerprint density at radius 3 is 2.80 bits per heavy atom. The maximum absolute atomic E-state index is 12.7. The molecule has 0 saturated carbocycles. The van der Waals surface area contributed by atoms with Crippen LogP contribution in [0.25, 0.3) is 0 Å². The predicted octanol–water partition coefficient (Wildman–Crippen LogP) is 3.69. The van der Waals surface area contributed by atoms with Crippen molar-refractivity contribution in [2.75, 3.05) is 32.8 Å². The summed E-state index contributed by atoms with van der Waals surface area (Å²) in [6, 6.07) is 7.74. The minimum atomic E-state index is -0.120. The van der Waals surface area contributed by atoms with Crippen molar-refractivity contribution in [1.82, 2.24) is 10.2 Å². The second-order valence-electron chi connectivity index (χ2n) is 6.99. The van der Waals surface area contributed by atoms with Crippen molar-refractivity contribution in [2.24, 2.45) is 11.8 Å². The third-order valence-corrected chi connectivity index (χ3v) is 5.70. The van der Waals surface area contributed by atoms with Gasteiger partial charge in [0.25, 0.3) is 0 Å². The number of hydrogen-bond donors (Lipinski definition) is 1. The quantitative estimate of drug-likeness (QED) is 0.857. The molecule has 2 fully saturated rings. The lowest BCUT2D eigenvalue weighted by Crippen LogP contribution is -2.43. The van der Waals surface area contributed by atoms with E-state index in [9.17, 15) is 4.79 Å². The summed E-state index contributed by atoms with van der Waals surface area (Å²) >= 11 is 6.28. The third kappa shape index (κ3) is 5.33. The van der Waals surface area contributed by atoms with Gasteiger partial charge in [0.05, 0.1) is 13.2 Å². The Morgan fingerprint density at radius 2 is 2.08 bits per heavy atom. The monoisotopic (exact) mass is 386 g/mol. The minimum Gasteiger partial charge on any atom is -0.370 e. The number of carbonyl (C=O) groups is 1. The Bertz CT molecular complexity index is 564. The number of piperidine rings is 1. The Hall–Kier alpha value is -0.810. The molecule has 140 valence electrons. The zero-order chi connectivity index (χ0) is 16.9. The van der Waals surface area contributed by atoms with Crippen LogP contribution < -0.4 is 5.32 Å². The van der Waals surface area contributed by atoms with Crippen molar-refractivity contribution in [2.45, 2.75) is 32.3 Å². The van der Waals surface area contributed by atoms with Crippen LogP contribution >= 0.6 is 24.0 Å². The first-order chi connectivity index (χ1) is 11.6. The average molecular weight is 387 g/mol. The van der Waals surface area contributed by atoms with Gasteiger partial charge in [-0.05, 0) is 43.8 Å². The van der Waals surface area contributed by atoms with Crippen LogP contribution in [-0.4, -0.2) is 43.6 Å². The molecular weight excluding hydrogens is 359 g/mol. The van der Waals surface area contributed by atoms with E-state index in [2.05, 4.69) is 12.2 Å². The molecular formula is C19H28Cl2N2O2. The minimum absolute atomic E-state index is 0. The van der Waals surface area contributed by atoms with Crippen molar-refractivity contribution < 1.29 is 9.53 Å². The molecule has 1 aromatic carbocycles. The van der Waals surface area contributed by atoms with Crippen molar-refractivity contribution in [1.29, 1.82) is 0 Å². The number of hydrogen-bond acceptors (Lipinski definition) is 3. The number of nitrogens with one attached hydrogen (secondary N) is 1. The van der Waals surface area contributed by atoms with E-state index in [1.165, 1.54) is 12.8 Å². The molecule has 25 heavy (non-hydrogen) atoms. The second-order valence-corrected chi connectivity index (χ2v) is 7.40. The van der Waals surface area contributed by atoms with Crippen LogP contribution in [0.1, 0.15) is 37.9 Å². The first kappa shape index (κ1) is 20.5. The Labute approximate surface area is 161 Å². The maximum Gasteiger partial charge on any atom is 0.223 e. The van der Waals surface area contributed by atoms with Crippen molar-refractivity contribution in [3.63, 3.8) is 0 Å². The molecule has 1 aromatic rings. The molecule has 6 heteroatoms. The van der Waals surface area contributed by atoms with Crippen LogP contribution in [0, 0.1) is 11.8 Å². The first-order valence-electron chi connectivity index (χ1n) is 8.99. The van der Waals surface area contributed by atoms with E-state index in [4.69, 9.17) is 16.3 Å². The van der Waals surface area contributed by atoms with E-state index in [-0.39, 0.29) is 24.4 Å². The maximum atomic E-state index is 12.7. The van der Waals surface area contributed by atoms with Crippen LogP contribution in [0.5, 0.6) is 0 Å². The fourth-order valence-corrected chi connectivity index (χ4v) is 4.04. The molecule has 0 aromatic heterocycles. The van der Waals surface area contributed by atoms with Gasteiger partial charge in [-0.15, -0.1) is 12.4 Å². The van der Waals surface area contributed by atoms with E-state index < -0.39 is 0 Å². The number of morpholine rings is 1. The van der Waals surface area contributed by atoms with E-state index in [1.54, 1.807) is 0 Å². The van der Waals surface area contributed by atoms with Gasteiger partial charge in [-0.3, -0.25) is 4.79 Å². The lowest BCUT2D eigenvalue weighted by atomic mass is 9.84. The molecule has 2 atom stereocenters. The number of carbonyl (C=O) groups excluding carboxylic acids is 1. The molecule has 2 saturated heterocycles. The molecule has 0 radical (unpaired) electrons. The molecule has 0 spiro atoms. The summed E-state index contributed by atoms with van der Waals surface area (Å²) in [7, 11) is 0. The van der Waals surface area contributed by atoms with Crippen molar-refractivity contribution in [3.8, 4) is 0 Å². The summed E-state index contributed by atoms with van der Waals surface area (Å²) in [5.41, 5.74) is 0.975. The van der Waals surface area contributed by atoms with Gasteiger partial charge in [0.1, 0.15) is 6.10 Å². The highest BCUT2D eigenvalue weighted by molar-refractivity contribution is 6.31. The molecule has 1 N–H and O–H groups in total. The standard InChI is InChI=1S/C19H27ClN2O2.ClH/c1-14(15-6-8-21-9-7-15)12-19(23)22-10-11-24-18(13-22)16-4-2-3-5-17(16)20;/h2-5,14-15,18,21H,6-13H2,1H3;1H. The number of ether oxygens (including phenoxy) is 1. The number of nitrogens with zero attached hydrogens (tertiary/aromatic N) is 1. The van der Waals surface area contributed by atoms with E-state index in [0.29, 0.717) is 43.0 Å². The van der Waals surface area contributed by atoms with E-state index in [1.807, 2.05) is 29.2 Å². The van der Waals surface area contributed by atoms with Crippen LogP contribution in [0.15, 0.2) is 24.3 Å². The molecule has 3 rings (SSSR count). The fourth-order valence-electron chi connectivity index (χ4n) is 3.78. The van der Waals surface area contributed by atoms with Crippen molar-refractivity contribution in [3.05, 3.63) is 34.9 Å². The molecule has 1 amide bonds. The topological polar surface area (TPSA) is 41.6 Å². The fraction of sp³-hybridized carbons (Fsp3) is 0.632. The van der Waals surface area contributed by atoms with E-state index >= 15 is 0 Å².